The Balaban J connectivity index is 1.99. The Morgan fingerprint density at radius 3 is 3.05 bits per heavy atom. The molecular formula is C12H15N5OS. The van der Waals surface area contributed by atoms with E-state index in [1.807, 2.05) is 36.1 Å². The lowest BCUT2D eigenvalue weighted by molar-refractivity contribution is 0.456. The van der Waals surface area contributed by atoms with E-state index in [0.717, 1.165) is 10.7 Å². The largest absolute Gasteiger partial charge is 0.434 e. The lowest BCUT2D eigenvalue weighted by Crippen LogP contribution is -2.19. The van der Waals surface area contributed by atoms with Gasteiger partial charge in [-0.2, -0.15) is 10.1 Å². The van der Waals surface area contributed by atoms with Crippen LogP contribution < -0.4 is 10.5 Å². The number of hydrogen-bond donors (Lipinski definition) is 1. The van der Waals surface area contributed by atoms with E-state index in [0.29, 0.717) is 18.1 Å². The maximum absolute atomic E-state index is 5.90. The molecule has 0 bridgehead atoms. The van der Waals surface area contributed by atoms with Gasteiger partial charge in [-0.25, -0.2) is 0 Å². The molecule has 0 aliphatic heterocycles. The molecule has 7 heteroatoms. The highest BCUT2D eigenvalue weighted by molar-refractivity contribution is 7.15. The van der Waals surface area contributed by atoms with E-state index in [2.05, 4.69) is 10.1 Å². The lowest BCUT2D eigenvalue weighted by Gasteiger charge is -2.06. The van der Waals surface area contributed by atoms with Gasteiger partial charge in [0, 0.05) is 31.1 Å². The number of rotatable bonds is 4. The first kappa shape index (κ1) is 12.2. The summed E-state index contributed by atoms with van der Waals surface area (Å²) >= 11 is 1.58. The fourth-order valence-corrected chi connectivity index (χ4v) is 2.67. The van der Waals surface area contributed by atoms with Gasteiger partial charge in [0.2, 0.25) is 5.88 Å². The van der Waals surface area contributed by atoms with Crippen LogP contribution in [0.4, 0.5) is 0 Å². The zero-order valence-corrected chi connectivity index (χ0v) is 11.6. The van der Waals surface area contributed by atoms with Gasteiger partial charge in [-0.05, 0) is 6.92 Å². The molecular weight excluding hydrogens is 262 g/mol. The molecule has 0 aliphatic carbocycles. The third-order valence-electron chi connectivity index (χ3n) is 2.74. The van der Waals surface area contributed by atoms with Crippen LogP contribution in [0.5, 0.6) is 11.6 Å². The van der Waals surface area contributed by atoms with Crippen molar-refractivity contribution in [2.45, 2.75) is 19.4 Å². The molecule has 3 aromatic rings. The second-order valence-corrected chi connectivity index (χ2v) is 5.43. The number of aryl methyl sites for hydroxylation is 1. The molecule has 2 N–H and O–H groups in total. The Bertz CT molecular complexity index is 696. The van der Waals surface area contributed by atoms with E-state index >= 15 is 0 Å². The van der Waals surface area contributed by atoms with Gasteiger partial charge in [0.15, 0.2) is 10.7 Å². The molecule has 1 unspecified atom stereocenters. The number of nitrogens with zero attached hydrogens (tertiary/aromatic N) is 4. The molecule has 0 saturated carbocycles. The van der Waals surface area contributed by atoms with Crippen molar-refractivity contribution in [3.63, 3.8) is 0 Å². The van der Waals surface area contributed by atoms with Crippen LogP contribution in [0.15, 0.2) is 24.0 Å². The van der Waals surface area contributed by atoms with Gasteiger partial charge in [-0.15, -0.1) is 11.3 Å². The van der Waals surface area contributed by atoms with Gasteiger partial charge in [-0.3, -0.25) is 9.08 Å². The standard InChI is InChI=1S/C12H15N5OS/c1-8(13)5-10-11(15-12-17(10)3-4-19-12)18-9-6-14-16(2)7-9/h3-4,6-8H,5,13H2,1-2H3. The van der Waals surface area contributed by atoms with E-state index in [1.165, 1.54) is 0 Å². The highest BCUT2D eigenvalue weighted by atomic mass is 32.1. The highest BCUT2D eigenvalue weighted by Gasteiger charge is 2.16. The summed E-state index contributed by atoms with van der Waals surface area (Å²) in [5.74, 6) is 1.29. The Hall–Kier alpha value is -1.86. The summed E-state index contributed by atoms with van der Waals surface area (Å²) in [6.45, 7) is 1.97. The molecule has 3 aromatic heterocycles. The maximum atomic E-state index is 5.90. The van der Waals surface area contributed by atoms with Gasteiger partial charge in [0.05, 0.1) is 18.1 Å². The molecule has 1 atom stereocenters. The monoisotopic (exact) mass is 277 g/mol. The van der Waals surface area contributed by atoms with Gasteiger partial charge in [-0.1, -0.05) is 0 Å². The summed E-state index contributed by atoms with van der Waals surface area (Å²) in [6, 6.07) is 0.0519. The Labute approximate surface area is 114 Å². The summed E-state index contributed by atoms with van der Waals surface area (Å²) in [4.78, 5) is 5.41. The van der Waals surface area contributed by atoms with Crippen LogP contribution in [0.3, 0.4) is 0 Å². The Kier molecular flexibility index (Phi) is 3.00. The van der Waals surface area contributed by atoms with Gasteiger partial charge in [0.25, 0.3) is 0 Å². The van der Waals surface area contributed by atoms with Crippen molar-refractivity contribution >= 4 is 16.3 Å². The molecule has 0 saturated heterocycles. The van der Waals surface area contributed by atoms with Crippen LogP contribution in [0.25, 0.3) is 4.96 Å². The average molecular weight is 277 g/mol. The smallest absolute Gasteiger partial charge is 0.242 e. The minimum atomic E-state index is 0.0519. The van der Waals surface area contributed by atoms with Crippen molar-refractivity contribution in [2.75, 3.05) is 0 Å². The molecule has 0 aliphatic rings. The second-order valence-electron chi connectivity index (χ2n) is 4.55. The first-order chi connectivity index (χ1) is 9.13. The summed E-state index contributed by atoms with van der Waals surface area (Å²) in [6.07, 6.45) is 6.18. The molecule has 3 rings (SSSR count). The predicted molar refractivity (Wildman–Crippen MR) is 73.7 cm³/mol. The lowest BCUT2D eigenvalue weighted by atomic mass is 10.2. The topological polar surface area (TPSA) is 70.4 Å². The minimum absolute atomic E-state index is 0.0519. The Morgan fingerprint density at radius 2 is 2.37 bits per heavy atom. The van der Waals surface area contributed by atoms with Gasteiger partial charge in [0.1, 0.15) is 0 Å². The molecule has 0 fully saturated rings. The normalized spacial score (nSPS) is 13.0. The molecule has 0 radical (unpaired) electrons. The van der Waals surface area contributed by atoms with Crippen LogP contribution in [0, 0.1) is 0 Å². The molecule has 0 amide bonds. The van der Waals surface area contributed by atoms with Gasteiger partial charge < -0.3 is 10.5 Å². The minimum Gasteiger partial charge on any atom is -0.434 e. The highest BCUT2D eigenvalue weighted by Crippen LogP contribution is 2.28. The molecule has 100 valence electrons. The van der Waals surface area contributed by atoms with Crippen LogP contribution in [-0.4, -0.2) is 25.2 Å². The number of ether oxygens (including phenoxy) is 1. The zero-order valence-electron chi connectivity index (χ0n) is 10.8. The first-order valence-corrected chi connectivity index (χ1v) is 6.88. The fourth-order valence-electron chi connectivity index (χ4n) is 1.95. The number of thiazole rings is 1. The average Bonchev–Trinajstić information content (AvgIpc) is 2.99. The molecule has 0 spiro atoms. The van der Waals surface area contributed by atoms with Crippen LogP contribution in [0.2, 0.25) is 0 Å². The zero-order chi connectivity index (χ0) is 13.4. The maximum Gasteiger partial charge on any atom is 0.242 e. The molecule has 3 heterocycles. The number of aromatic nitrogens is 4. The summed E-state index contributed by atoms with van der Waals surface area (Å²) < 4.78 is 9.53. The van der Waals surface area contributed by atoms with Crippen molar-refractivity contribution in [3.8, 4) is 11.6 Å². The fraction of sp³-hybridized carbons (Fsp3) is 0.333. The van der Waals surface area contributed by atoms with Crippen molar-refractivity contribution in [2.24, 2.45) is 12.8 Å². The van der Waals surface area contributed by atoms with Crippen molar-refractivity contribution < 1.29 is 4.74 Å². The third-order valence-corrected chi connectivity index (χ3v) is 3.49. The molecule has 19 heavy (non-hydrogen) atoms. The van der Waals surface area contributed by atoms with Crippen LogP contribution in [0.1, 0.15) is 12.6 Å². The van der Waals surface area contributed by atoms with Crippen molar-refractivity contribution in [1.29, 1.82) is 0 Å². The predicted octanol–water partition coefficient (Wildman–Crippen LogP) is 1.81. The van der Waals surface area contributed by atoms with E-state index < -0.39 is 0 Å². The first-order valence-electron chi connectivity index (χ1n) is 6.00. The quantitative estimate of drug-likeness (QED) is 0.789. The molecule has 0 aromatic carbocycles. The number of hydrogen-bond acceptors (Lipinski definition) is 5. The van der Waals surface area contributed by atoms with E-state index in [1.54, 1.807) is 22.2 Å². The Morgan fingerprint density at radius 1 is 1.53 bits per heavy atom. The number of imidazole rings is 1. The second kappa shape index (κ2) is 4.67. The number of fused-ring (bicyclic) bond motifs is 1. The third kappa shape index (κ3) is 2.34. The van der Waals surface area contributed by atoms with Crippen LogP contribution in [-0.2, 0) is 13.5 Å². The summed E-state index contributed by atoms with van der Waals surface area (Å²) in [7, 11) is 1.85. The number of nitrogens with two attached hydrogens (primary N) is 1. The van der Waals surface area contributed by atoms with Crippen molar-refractivity contribution in [1.82, 2.24) is 19.2 Å². The van der Waals surface area contributed by atoms with E-state index in [-0.39, 0.29) is 6.04 Å². The summed E-state index contributed by atoms with van der Waals surface area (Å²) in [5, 5.41) is 6.08. The van der Waals surface area contributed by atoms with E-state index in [9.17, 15) is 0 Å². The van der Waals surface area contributed by atoms with Crippen LogP contribution >= 0.6 is 11.3 Å². The van der Waals surface area contributed by atoms with E-state index in [4.69, 9.17) is 10.5 Å². The van der Waals surface area contributed by atoms with Crippen molar-refractivity contribution in [3.05, 3.63) is 29.7 Å². The van der Waals surface area contributed by atoms with Gasteiger partial charge >= 0.3 is 0 Å². The molecule has 6 nitrogen and oxygen atoms in total. The summed E-state index contributed by atoms with van der Waals surface area (Å²) in [5.41, 5.74) is 6.90. The SMILES string of the molecule is CC(N)Cc1c(Oc2cnn(C)c2)nc2sccn12.